The van der Waals surface area contributed by atoms with Crippen LogP contribution in [0.1, 0.15) is 34.3 Å². The molecule has 0 atom stereocenters. The van der Waals surface area contributed by atoms with Gasteiger partial charge in [-0.15, -0.1) is 0 Å². The van der Waals surface area contributed by atoms with Crippen molar-refractivity contribution >= 4 is 36.0 Å². The number of hydrogen-bond donors (Lipinski definition) is 2. The van der Waals surface area contributed by atoms with Crippen molar-refractivity contribution in [1.29, 1.82) is 0 Å². The van der Waals surface area contributed by atoms with E-state index < -0.39 is 17.6 Å². The monoisotopic (exact) mass is 444 g/mol. The number of aliphatic hydroxyl groups is 1. The number of carbonyl (C=O) groups is 2. The summed E-state index contributed by atoms with van der Waals surface area (Å²) < 4.78 is 1.17. The van der Waals surface area contributed by atoms with Crippen LogP contribution in [0.15, 0.2) is 40.1 Å². The van der Waals surface area contributed by atoms with Crippen LogP contribution in [0.25, 0.3) is 0 Å². The highest BCUT2D eigenvalue weighted by atomic mass is 35.5. The molecule has 1 saturated carbocycles. The average Bonchev–Trinajstić information content (AvgIpc) is 2.72. The lowest BCUT2D eigenvalue weighted by molar-refractivity contribution is -0.136. The van der Waals surface area contributed by atoms with Gasteiger partial charge in [-0.05, 0) is 55.8 Å². The Morgan fingerprint density at radius 1 is 1.32 bits per heavy atom. The highest BCUT2D eigenvalue weighted by Crippen LogP contribution is 2.25. The van der Waals surface area contributed by atoms with Crippen molar-refractivity contribution in [2.45, 2.75) is 45.0 Å². The Balaban J connectivity index is 1.81. The van der Waals surface area contributed by atoms with Crippen molar-refractivity contribution < 1.29 is 14.7 Å². The van der Waals surface area contributed by atoms with E-state index in [1.165, 1.54) is 15.5 Å². The number of aliphatic imine (C=N–C) groups is 1. The number of nitrogens with one attached hydrogen (secondary N) is 1. The van der Waals surface area contributed by atoms with E-state index in [4.69, 9.17) is 11.6 Å². The minimum Gasteiger partial charge on any atom is -0.393 e. The maximum absolute atomic E-state index is 13.0. The van der Waals surface area contributed by atoms with Gasteiger partial charge in [-0.1, -0.05) is 23.7 Å². The van der Waals surface area contributed by atoms with Crippen LogP contribution >= 0.6 is 11.6 Å². The first-order chi connectivity index (χ1) is 14.7. The van der Waals surface area contributed by atoms with Gasteiger partial charge in [0.2, 0.25) is 5.91 Å². The van der Waals surface area contributed by atoms with E-state index in [9.17, 15) is 19.5 Å². The van der Waals surface area contributed by atoms with Gasteiger partial charge in [0, 0.05) is 24.7 Å². The number of nitrogens with zero attached hydrogens (tertiary/aromatic N) is 3. The first kappa shape index (κ1) is 22.7. The van der Waals surface area contributed by atoms with Crippen molar-refractivity contribution in [3.63, 3.8) is 0 Å². The van der Waals surface area contributed by atoms with Crippen LogP contribution in [-0.2, 0) is 17.9 Å². The summed E-state index contributed by atoms with van der Waals surface area (Å²) in [6.07, 6.45) is 0.620. The summed E-state index contributed by atoms with van der Waals surface area (Å²) >= 11 is 5.87. The number of benzene rings is 1. The van der Waals surface area contributed by atoms with Crippen molar-refractivity contribution in [3.8, 4) is 0 Å². The minimum absolute atomic E-state index is 0.0645. The fourth-order valence-electron chi connectivity index (χ4n) is 3.52. The second kappa shape index (κ2) is 9.45. The lowest BCUT2D eigenvalue weighted by Crippen LogP contribution is -2.49. The predicted molar refractivity (Wildman–Crippen MR) is 119 cm³/mol. The minimum atomic E-state index is -0.614. The SMILES string of the molecule is C=Nc1c(C)cc(C(=O)NCc2ccc(Cl)cc2)c(=O)n1CC(=O)N(C)C1CC(O)C1. The maximum Gasteiger partial charge on any atom is 0.265 e. The molecule has 2 aromatic rings. The Bertz CT molecular complexity index is 1060. The van der Waals surface area contributed by atoms with Crippen molar-refractivity contribution in [3.05, 3.63) is 62.4 Å². The topological polar surface area (TPSA) is 104 Å². The number of aryl methyl sites for hydroxylation is 1. The first-order valence-electron chi connectivity index (χ1n) is 9.88. The summed E-state index contributed by atoms with van der Waals surface area (Å²) in [5.74, 6) is -0.605. The highest BCUT2D eigenvalue weighted by Gasteiger charge is 2.33. The third kappa shape index (κ3) is 5.03. The van der Waals surface area contributed by atoms with Crippen LogP contribution < -0.4 is 10.9 Å². The van der Waals surface area contributed by atoms with Crippen LogP contribution in [0.5, 0.6) is 0 Å². The van der Waals surface area contributed by atoms with Gasteiger partial charge in [-0.2, -0.15) is 0 Å². The fraction of sp³-hybridized carbons (Fsp3) is 0.364. The van der Waals surface area contributed by atoms with Gasteiger partial charge in [0.05, 0.1) is 6.10 Å². The molecule has 0 aliphatic heterocycles. The lowest BCUT2D eigenvalue weighted by Gasteiger charge is -2.38. The molecule has 2 N–H and O–H groups in total. The molecule has 1 aliphatic carbocycles. The Labute approximate surface area is 185 Å². The Morgan fingerprint density at radius 3 is 2.55 bits per heavy atom. The molecule has 0 saturated heterocycles. The van der Waals surface area contributed by atoms with E-state index in [0.29, 0.717) is 23.4 Å². The number of rotatable bonds is 7. The summed E-state index contributed by atoms with van der Waals surface area (Å²) in [6.45, 7) is 5.15. The van der Waals surface area contributed by atoms with Gasteiger partial charge in [0.15, 0.2) is 0 Å². The van der Waals surface area contributed by atoms with E-state index in [1.54, 1.807) is 38.2 Å². The second-order valence-corrected chi connectivity index (χ2v) is 8.14. The zero-order valence-corrected chi connectivity index (χ0v) is 18.2. The molecule has 0 radical (unpaired) electrons. The van der Waals surface area contributed by atoms with Crippen LogP contribution in [0.4, 0.5) is 5.82 Å². The molecule has 31 heavy (non-hydrogen) atoms. The molecule has 1 fully saturated rings. The summed E-state index contributed by atoms with van der Waals surface area (Å²) in [4.78, 5) is 43.9. The highest BCUT2D eigenvalue weighted by molar-refractivity contribution is 6.30. The molecule has 8 nitrogen and oxygen atoms in total. The van der Waals surface area contributed by atoms with Gasteiger partial charge in [0.1, 0.15) is 17.9 Å². The standard InChI is InChI=1S/C22H25ClN4O4/c1-13-8-18(21(30)25-11-14-4-6-15(23)7-5-14)22(31)27(20(13)24-2)12-19(29)26(3)16-9-17(28)10-16/h4-8,16-17,28H,2,9-12H2,1,3H3,(H,25,30). The van der Waals surface area contributed by atoms with E-state index in [-0.39, 0.29) is 36.4 Å². The molecule has 0 unspecified atom stereocenters. The first-order valence-corrected chi connectivity index (χ1v) is 10.3. The van der Waals surface area contributed by atoms with Crippen LogP contribution in [0.3, 0.4) is 0 Å². The normalized spacial score (nSPS) is 17.5. The summed E-state index contributed by atoms with van der Waals surface area (Å²) in [5.41, 5.74) is 0.699. The second-order valence-electron chi connectivity index (χ2n) is 7.71. The van der Waals surface area contributed by atoms with Crippen LogP contribution in [-0.4, -0.2) is 52.3 Å². The van der Waals surface area contributed by atoms with Crippen LogP contribution in [0, 0.1) is 6.92 Å². The molecule has 1 aromatic heterocycles. The number of likely N-dealkylation sites (N-methyl/N-ethyl adjacent to an activating group) is 1. The Hall–Kier alpha value is -2.97. The lowest BCUT2D eigenvalue weighted by atomic mass is 9.88. The molecular weight excluding hydrogens is 420 g/mol. The zero-order chi connectivity index (χ0) is 22.7. The Morgan fingerprint density at radius 2 is 1.97 bits per heavy atom. The summed E-state index contributed by atoms with van der Waals surface area (Å²) in [7, 11) is 1.64. The number of pyridine rings is 1. The number of carbonyl (C=O) groups excluding carboxylic acids is 2. The van der Waals surface area contributed by atoms with Crippen molar-refractivity contribution in [1.82, 2.24) is 14.8 Å². The van der Waals surface area contributed by atoms with E-state index in [1.807, 2.05) is 0 Å². The molecule has 2 amide bonds. The quantitative estimate of drug-likeness (QED) is 0.638. The molecule has 164 valence electrons. The van der Waals surface area contributed by atoms with E-state index in [0.717, 1.165) is 5.56 Å². The number of halogens is 1. The maximum atomic E-state index is 13.0. The van der Waals surface area contributed by atoms with Gasteiger partial charge in [0.25, 0.3) is 11.5 Å². The van der Waals surface area contributed by atoms with Gasteiger partial charge in [-0.3, -0.25) is 19.0 Å². The summed E-state index contributed by atoms with van der Waals surface area (Å²) in [5, 5.41) is 12.8. The average molecular weight is 445 g/mol. The zero-order valence-electron chi connectivity index (χ0n) is 17.5. The van der Waals surface area contributed by atoms with Crippen LogP contribution in [0.2, 0.25) is 5.02 Å². The smallest absolute Gasteiger partial charge is 0.265 e. The summed E-state index contributed by atoms with van der Waals surface area (Å²) in [6, 6.07) is 8.38. The van der Waals surface area contributed by atoms with Gasteiger partial charge < -0.3 is 15.3 Å². The fourth-order valence-corrected chi connectivity index (χ4v) is 3.65. The molecule has 0 bridgehead atoms. The number of hydrogen-bond acceptors (Lipinski definition) is 5. The molecule has 1 aromatic carbocycles. The van der Waals surface area contributed by atoms with E-state index in [2.05, 4.69) is 17.0 Å². The number of aromatic nitrogens is 1. The third-order valence-electron chi connectivity index (χ3n) is 5.53. The van der Waals surface area contributed by atoms with Crippen molar-refractivity contribution in [2.24, 2.45) is 4.99 Å². The third-order valence-corrected chi connectivity index (χ3v) is 5.78. The molecule has 3 rings (SSSR count). The largest absolute Gasteiger partial charge is 0.393 e. The molecule has 1 heterocycles. The number of amides is 2. The van der Waals surface area contributed by atoms with E-state index >= 15 is 0 Å². The molecule has 0 spiro atoms. The predicted octanol–water partition coefficient (Wildman–Crippen LogP) is 2.05. The van der Waals surface area contributed by atoms with Crippen molar-refractivity contribution in [2.75, 3.05) is 7.05 Å². The number of aliphatic hydroxyl groups excluding tert-OH is 1. The molecular formula is C22H25ClN4O4. The van der Waals surface area contributed by atoms with Gasteiger partial charge in [-0.25, -0.2) is 4.99 Å². The van der Waals surface area contributed by atoms with Gasteiger partial charge >= 0.3 is 0 Å². The molecule has 9 heteroatoms. The Kier molecular flexibility index (Phi) is 6.92. The molecule has 1 aliphatic rings.